The van der Waals surface area contributed by atoms with E-state index in [0.29, 0.717) is 0 Å². The molecule has 0 bridgehead atoms. The van der Waals surface area contributed by atoms with Gasteiger partial charge in [0.1, 0.15) is 6.54 Å². The molecule has 0 amide bonds. The minimum absolute atomic E-state index is 0.232. The molecule has 3 heteroatoms. The van der Waals surface area contributed by atoms with Crippen molar-refractivity contribution in [2.75, 3.05) is 20.6 Å². The highest BCUT2D eigenvalue weighted by Crippen LogP contribution is 2.10. The first-order valence-corrected chi connectivity index (χ1v) is 10.5. The van der Waals surface area contributed by atoms with Gasteiger partial charge >= 0.3 is 0 Å². The summed E-state index contributed by atoms with van der Waals surface area (Å²) in [5, 5.41) is 10.1. The van der Waals surface area contributed by atoms with E-state index in [1.807, 2.05) is 0 Å². The predicted molar refractivity (Wildman–Crippen MR) is 110 cm³/mol. The molecule has 0 saturated heterocycles. The standard InChI is InChI=1S/C12H24O2.C11H18N/c1-2-3-4-5-6-7-8-9-10-11-12(13)14;1-4-12(2,3)10-11-8-6-5-7-9-11/h2-11H2,1H3,(H,13,14);5-9H,4,10H2,1-3H3/q;+1/p-1. The number of aliphatic carboxylic acids is 1. The Balaban J connectivity index is 0.000000485. The molecule has 0 fully saturated rings. The first-order valence-electron chi connectivity index (χ1n) is 10.5. The molecular weight excluding hydrogens is 322 g/mol. The third-order valence-electron chi connectivity index (χ3n) is 4.79. The van der Waals surface area contributed by atoms with Crippen molar-refractivity contribution < 1.29 is 14.4 Å². The third-order valence-corrected chi connectivity index (χ3v) is 4.79. The zero-order valence-corrected chi connectivity index (χ0v) is 17.6. The summed E-state index contributed by atoms with van der Waals surface area (Å²) in [6.45, 7) is 6.75. The van der Waals surface area contributed by atoms with Crippen LogP contribution in [0.15, 0.2) is 30.3 Å². The fourth-order valence-electron chi connectivity index (χ4n) is 2.77. The van der Waals surface area contributed by atoms with Crippen LogP contribution >= 0.6 is 0 Å². The molecule has 1 rings (SSSR count). The molecule has 26 heavy (non-hydrogen) atoms. The Hall–Kier alpha value is -1.35. The highest BCUT2D eigenvalue weighted by molar-refractivity contribution is 5.63. The molecule has 1 aromatic rings. The van der Waals surface area contributed by atoms with Crippen molar-refractivity contribution in [3.05, 3.63) is 35.9 Å². The van der Waals surface area contributed by atoms with Crippen LogP contribution < -0.4 is 5.11 Å². The van der Waals surface area contributed by atoms with E-state index in [4.69, 9.17) is 0 Å². The third kappa shape index (κ3) is 16.1. The van der Waals surface area contributed by atoms with Crippen molar-refractivity contribution in [3.63, 3.8) is 0 Å². The number of carbonyl (C=O) groups is 1. The fraction of sp³-hybridized carbons (Fsp3) is 0.696. The molecule has 0 aliphatic heterocycles. The smallest absolute Gasteiger partial charge is 0.104 e. The lowest BCUT2D eigenvalue weighted by atomic mass is 10.1. The second-order valence-electron chi connectivity index (χ2n) is 7.85. The van der Waals surface area contributed by atoms with Crippen molar-refractivity contribution in [2.24, 2.45) is 0 Å². The molecule has 0 saturated carbocycles. The van der Waals surface area contributed by atoms with Gasteiger partial charge in [-0.1, -0.05) is 88.6 Å². The van der Waals surface area contributed by atoms with E-state index in [2.05, 4.69) is 58.3 Å². The van der Waals surface area contributed by atoms with Crippen LogP contribution in [0.5, 0.6) is 0 Å². The largest absolute Gasteiger partial charge is 0.550 e. The Morgan fingerprint density at radius 3 is 1.81 bits per heavy atom. The van der Waals surface area contributed by atoms with Crippen LogP contribution in [0.25, 0.3) is 0 Å². The molecule has 1 aromatic carbocycles. The lowest BCUT2D eigenvalue weighted by Gasteiger charge is -2.28. The normalized spacial score (nSPS) is 10.9. The highest BCUT2D eigenvalue weighted by Gasteiger charge is 2.11. The molecule has 0 radical (unpaired) electrons. The first kappa shape index (κ1) is 24.7. The van der Waals surface area contributed by atoms with Gasteiger partial charge in [-0.25, -0.2) is 0 Å². The van der Waals surface area contributed by atoms with Crippen molar-refractivity contribution in [2.45, 2.75) is 84.6 Å². The van der Waals surface area contributed by atoms with Crippen LogP contribution in [0.4, 0.5) is 0 Å². The van der Waals surface area contributed by atoms with Crippen molar-refractivity contribution in [1.29, 1.82) is 0 Å². The molecule has 3 nitrogen and oxygen atoms in total. The molecule has 0 aliphatic rings. The van der Waals surface area contributed by atoms with Crippen molar-refractivity contribution >= 4 is 5.97 Å². The summed E-state index contributed by atoms with van der Waals surface area (Å²) < 4.78 is 1.06. The number of quaternary nitrogens is 1. The number of carboxylic acid groups (broad SMARTS) is 1. The second kappa shape index (κ2) is 15.9. The molecule has 150 valence electrons. The van der Waals surface area contributed by atoms with Crippen molar-refractivity contribution in [1.82, 2.24) is 0 Å². The van der Waals surface area contributed by atoms with Gasteiger partial charge in [0.05, 0.1) is 20.6 Å². The van der Waals surface area contributed by atoms with Crippen molar-refractivity contribution in [3.8, 4) is 0 Å². The van der Waals surface area contributed by atoms with Crippen LogP contribution in [-0.4, -0.2) is 31.1 Å². The zero-order valence-electron chi connectivity index (χ0n) is 17.6. The highest BCUT2D eigenvalue weighted by atomic mass is 16.4. The summed E-state index contributed by atoms with van der Waals surface area (Å²) in [4.78, 5) is 10.1. The minimum atomic E-state index is -0.909. The number of rotatable bonds is 13. The second-order valence-corrected chi connectivity index (χ2v) is 7.85. The van der Waals surface area contributed by atoms with Crippen LogP contribution in [-0.2, 0) is 11.3 Å². The molecule has 0 aromatic heterocycles. The zero-order chi connectivity index (χ0) is 19.7. The summed E-state index contributed by atoms with van der Waals surface area (Å²) in [5.74, 6) is -0.909. The van der Waals surface area contributed by atoms with Crippen LogP contribution in [0.3, 0.4) is 0 Å². The van der Waals surface area contributed by atoms with Gasteiger partial charge in [-0.15, -0.1) is 0 Å². The summed E-state index contributed by atoms with van der Waals surface area (Å²) in [5.41, 5.74) is 1.42. The number of benzene rings is 1. The van der Waals surface area contributed by atoms with E-state index < -0.39 is 5.97 Å². The Bertz CT molecular complexity index is 443. The molecule has 0 unspecified atom stereocenters. The van der Waals surface area contributed by atoms with E-state index in [0.717, 1.165) is 23.9 Å². The fourth-order valence-corrected chi connectivity index (χ4v) is 2.77. The maximum absolute atomic E-state index is 10.1. The first-order chi connectivity index (χ1) is 12.4. The van der Waals surface area contributed by atoms with Gasteiger partial charge in [0.25, 0.3) is 0 Å². The van der Waals surface area contributed by atoms with Gasteiger partial charge in [-0.2, -0.15) is 0 Å². The lowest BCUT2D eigenvalue weighted by molar-refractivity contribution is -0.901. The van der Waals surface area contributed by atoms with E-state index in [1.54, 1.807) is 0 Å². The Kier molecular flexibility index (Phi) is 15.0. The molecule has 0 heterocycles. The summed E-state index contributed by atoms with van der Waals surface area (Å²) in [7, 11) is 4.51. The monoisotopic (exact) mass is 363 g/mol. The Labute approximate surface area is 162 Å². The SMILES string of the molecule is CCCCCCCCCCCC(=O)[O-].CC[N+](C)(C)Cc1ccccc1. The van der Waals surface area contributed by atoms with E-state index >= 15 is 0 Å². The average molecular weight is 364 g/mol. The number of hydrogen-bond acceptors (Lipinski definition) is 2. The number of carboxylic acids is 1. The Morgan fingerprint density at radius 2 is 1.35 bits per heavy atom. The Morgan fingerprint density at radius 1 is 0.846 bits per heavy atom. The molecular formula is C23H41NO2. The number of unbranched alkanes of at least 4 members (excludes halogenated alkanes) is 8. The van der Waals surface area contributed by atoms with E-state index in [1.165, 1.54) is 57.1 Å². The average Bonchev–Trinajstić information content (AvgIpc) is 2.61. The topological polar surface area (TPSA) is 40.1 Å². The van der Waals surface area contributed by atoms with Gasteiger partial charge in [-0.3, -0.25) is 0 Å². The molecule has 0 aliphatic carbocycles. The predicted octanol–water partition coefficient (Wildman–Crippen LogP) is 4.94. The van der Waals surface area contributed by atoms with Crippen LogP contribution in [0, 0.1) is 0 Å². The lowest BCUT2D eigenvalue weighted by Crippen LogP contribution is -2.38. The summed E-state index contributed by atoms with van der Waals surface area (Å²) in [6.07, 6.45) is 11.2. The van der Waals surface area contributed by atoms with Gasteiger partial charge in [0.15, 0.2) is 0 Å². The molecule has 0 atom stereocenters. The van der Waals surface area contributed by atoms with Gasteiger partial charge in [0, 0.05) is 11.5 Å². The number of hydrogen-bond donors (Lipinski definition) is 0. The van der Waals surface area contributed by atoms with E-state index in [-0.39, 0.29) is 6.42 Å². The molecule has 0 spiro atoms. The maximum Gasteiger partial charge on any atom is 0.104 e. The minimum Gasteiger partial charge on any atom is -0.550 e. The van der Waals surface area contributed by atoms with Gasteiger partial charge in [-0.05, 0) is 19.8 Å². The molecule has 0 N–H and O–H groups in total. The van der Waals surface area contributed by atoms with E-state index in [9.17, 15) is 9.90 Å². The van der Waals surface area contributed by atoms with Gasteiger partial charge < -0.3 is 14.4 Å². The van der Waals surface area contributed by atoms with Crippen LogP contribution in [0.2, 0.25) is 0 Å². The maximum atomic E-state index is 10.1. The van der Waals surface area contributed by atoms with Crippen LogP contribution in [0.1, 0.15) is 83.6 Å². The van der Waals surface area contributed by atoms with Gasteiger partial charge in [0.2, 0.25) is 0 Å². The number of carbonyl (C=O) groups excluding carboxylic acids is 1. The summed E-state index contributed by atoms with van der Waals surface area (Å²) >= 11 is 0. The summed E-state index contributed by atoms with van der Waals surface area (Å²) in [6, 6.07) is 10.6. The quantitative estimate of drug-likeness (QED) is 0.368. The number of nitrogens with zero attached hydrogens (tertiary/aromatic N) is 1.